The molecule has 1 aromatic carbocycles. The highest BCUT2D eigenvalue weighted by molar-refractivity contribution is 6.30. The van der Waals surface area contributed by atoms with Gasteiger partial charge in [0.05, 0.1) is 0 Å². The highest BCUT2D eigenvalue weighted by atomic mass is 35.5. The number of hydrogen-bond acceptors (Lipinski definition) is 2. The number of carboxylic acids is 1. The van der Waals surface area contributed by atoms with Crippen molar-refractivity contribution < 1.29 is 19.0 Å². The first-order chi connectivity index (χ1) is 7.58. The van der Waals surface area contributed by atoms with E-state index in [1.807, 2.05) is 0 Å². The minimum Gasteiger partial charge on any atom is -0.478 e. The van der Waals surface area contributed by atoms with Crippen LogP contribution in [-0.2, 0) is 4.79 Å². The zero-order valence-corrected chi connectivity index (χ0v) is 9.08. The Kier molecular flexibility index (Phi) is 3.01. The normalized spacial score (nSPS) is 16.9. The molecule has 2 rings (SSSR count). The van der Waals surface area contributed by atoms with Crippen molar-refractivity contribution in [1.29, 1.82) is 0 Å². The first-order valence-corrected chi connectivity index (χ1v) is 5.30. The van der Waals surface area contributed by atoms with E-state index >= 15 is 0 Å². The molecule has 16 heavy (non-hydrogen) atoms. The summed E-state index contributed by atoms with van der Waals surface area (Å²) in [6.07, 6.45) is 0.661. The Morgan fingerprint density at radius 1 is 1.56 bits per heavy atom. The van der Waals surface area contributed by atoms with Crippen LogP contribution in [-0.4, -0.2) is 17.2 Å². The predicted octanol–water partition coefficient (Wildman–Crippen LogP) is 2.72. The molecular weight excluding hydrogens is 235 g/mol. The van der Waals surface area contributed by atoms with Crippen LogP contribution < -0.4 is 4.74 Å². The lowest BCUT2D eigenvalue weighted by Crippen LogP contribution is -2.29. The smallest absolute Gasteiger partial charge is 0.345 e. The molecule has 1 aliphatic rings. The molecule has 0 aliphatic heterocycles. The first-order valence-electron chi connectivity index (χ1n) is 4.92. The van der Waals surface area contributed by atoms with Crippen LogP contribution in [0.1, 0.15) is 12.8 Å². The van der Waals surface area contributed by atoms with Gasteiger partial charge in [-0.25, -0.2) is 9.18 Å². The summed E-state index contributed by atoms with van der Waals surface area (Å²) >= 11 is 5.58. The number of ether oxygens (including phenoxy) is 1. The molecule has 0 radical (unpaired) electrons. The minimum atomic E-state index is -1.06. The lowest BCUT2D eigenvalue weighted by molar-refractivity contribution is -0.146. The van der Waals surface area contributed by atoms with Crippen molar-refractivity contribution in [2.75, 3.05) is 0 Å². The second-order valence-electron chi connectivity index (χ2n) is 3.79. The maximum absolute atomic E-state index is 13.4. The van der Waals surface area contributed by atoms with Crippen LogP contribution in [0.3, 0.4) is 0 Å². The molecule has 1 atom stereocenters. The van der Waals surface area contributed by atoms with Crippen molar-refractivity contribution in [3.63, 3.8) is 0 Å². The van der Waals surface area contributed by atoms with E-state index in [-0.39, 0.29) is 16.7 Å². The molecule has 86 valence electrons. The van der Waals surface area contributed by atoms with Crippen molar-refractivity contribution in [1.82, 2.24) is 0 Å². The third kappa shape index (κ3) is 2.44. The molecule has 1 saturated carbocycles. The fraction of sp³-hybridized carbons (Fsp3) is 0.364. The van der Waals surface area contributed by atoms with Crippen LogP contribution in [0.2, 0.25) is 5.02 Å². The second-order valence-corrected chi connectivity index (χ2v) is 4.23. The average molecular weight is 245 g/mol. The third-order valence-corrected chi connectivity index (χ3v) is 2.68. The molecule has 0 spiro atoms. The fourth-order valence-electron chi connectivity index (χ4n) is 1.45. The Hall–Kier alpha value is -1.29. The topological polar surface area (TPSA) is 46.5 Å². The van der Waals surface area contributed by atoms with Gasteiger partial charge in [0, 0.05) is 10.9 Å². The van der Waals surface area contributed by atoms with E-state index in [1.54, 1.807) is 0 Å². The van der Waals surface area contributed by atoms with Gasteiger partial charge >= 0.3 is 5.97 Å². The Bertz CT molecular complexity index is 418. The number of rotatable bonds is 4. The molecule has 0 amide bonds. The van der Waals surface area contributed by atoms with Crippen molar-refractivity contribution in [3.05, 3.63) is 29.0 Å². The number of carboxylic acid groups (broad SMARTS) is 1. The summed E-state index contributed by atoms with van der Waals surface area (Å²) in [7, 11) is 0. The molecule has 0 bridgehead atoms. The Morgan fingerprint density at radius 3 is 2.75 bits per heavy atom. The van der Waals surface area contributed by atoms with Crippen LogP contribution in [0.4, 0.5) is 4.39 Å². The molecule has 0 saturated heterocycles. The van der Waals surface area contributed by atoms with Gasteiger partial charge in [0.1, 0.15) is 0 Å². The van der Waals surface area contributed by atoms with Crippen LogP contribution >= 0.6 is 11.6 Å². The van der Waals surface area contributed by atoms with Crippen molar-refractivity contribution in [2.45, 2.75) is 18.9 Å². The van der Waals surface area contributed by atoms with Gasteiger partial charge in [0.25, 0.3) is 0 Å². The summed E-state index contributed by atoms with van der Waals surface area (Å²) < 4.78 is 18.5. The highest BCUT2D eigenvalue weighted by Gasteiger charge is 2.38. The molecule has 3 nitrogen and oxygen atoms in total. The van der Waals surface area contributed by atoms with Gasteiger partial charge in [-0.3, -0.25) is 0 Å². The summed E-state index contributed by atoms with van der Waals surface area (Å²) in [6, 6.07) is 3.91. The summed E-state index contributed by atoms with van der Waals surface area (Å²) in [5.74, 6) is -1.77. The highest BCUT2D eigenvalue weighted by Crippen LogP contribution is 2.35. The van der Waals surface area contributed by atoms with Gasteiger partial charge in [-0.15, -0.1) is 0 Å². The van der Waals surface area contributed by atoms with Crippen molar-refractivity contribution in [3.8, 4) is 5.75 Å². The van der Waals surface area contributed by atoms with Crippen molar-refractivity contribution >= 4 is 17.6 Å². The van der Waals surface area contributed by atoms with Crippen LogP contribution in [0, 0.1) is 11.7 Å². The van der Waals surface area contributed by atoms with E-state index in [2.05, 4.69) is 0 Å². The van der Waals surface area contributed by atoms with Crippen LogP contribution in [0.15, 0.2) is 18.2 Å². The quantitative estimate of drug-likeness (QED) is 0.886. The number of aliphatic carboxylic acids is 1. The molecule has 1 fully saturated rings. The summed E-state index contributed by atoms with van der Waals surface area (Å²) in [5, 5.41) is 9.17. The average Bonchev–Trinajstić information content (AvgIpc) is 2.99. The van der Waals surface area contributed by atoms with Gasteiger partial charge < -0.3 is 9.84 Å². The molecular formula is C11H10ClFO3. The van der Waals surface area contributed by atoms with Crippen molar-refractivity contribution in [2.24, 2.45) is 5.92 Å². The summed E-state index contributed by atoms with van der Waals surface area (Å²) in [6.45, 7) is 0. The van der Waals surface area contributed by atoms with E-state index in [0.717, 1.165) is 18.9 Å². The second kappa shape index (κ2) is 4.29. The predicted molar refractivity (Wildman–Crippen MR) is 56.2 cm³/mol. The van der Waals surface area contributed by atoms with Gasteiger partial charge in [0.2, 0.25) is 0 Å². The van der Waals surface area contributed by atoms with Gasteiger partial charge in [-0.2, -0.15) is 0 Å². The molecule has 0 heterocycles. The lowest BCUT2D eigenvalue weighted by atomic mass is 10.2. The fourth-order valence-corrected chi connectivity index (χ4v) is 1.61. The van der Waals surface area contributed by atoms with E-state index in [0.29, 0.717) is 0 Å². The van der Waals surface area contributed by atoms with E-state index in [4.69, 9.17) is 21.4 Å². The zero-order chi connectivity index (χ0) is 11.7. The maximum atomic E-state index is 13.4. The summed E-state index contributed by atoms with van der Waals surface area (Å²) in [4.78, 5) is 10.9. The van der Waals surface area contributed by atoms with E-state index in [1.165, 1.54) is 12.1 Å². The number of halogens is 2. The number of benzene rings is 1. The van der Waals surface area contributed by atoms with Gasteiger partial charge in [-0.05, 0) is 31.0 Å². The SMILES string of the molecule is O=C(O)C(Oc1ccc(Cl)cc1F)C1CC1. The first kappa shape index (κ1) is 11.2. The zero-order valence-electron chi connectivity index (χ0n) is 8.32. The Balaban J connectivity index is 2.15. The number of carbonyl (C=O) groups is 1. The van der Waals surface area contributed by atoms with Crippen LogP contribution in [0.25, 0.3) is 0 Å². The molecule has 1 aliphatic carbocycles. The molecule has 5 heteroatoms. The third-order valence-electron chi connectivity index (χ3n) is 2.44. The minimum absolute atomic E-state index is 0.00687. The Labute approximate surface area is 96.8 Å². The van der Waals surface area contributed by atoms with E-state index in [9.17, 15) is 9.18 Å². The maximum Gasteiger partial charge on any atom is 0.345 e. The largest absolute Gasteiger partial charge is 0.478 e. The standard InChI is InChI=1S/C11H10ClFO3/c12-7-3-4-9(8(13)5-7)16-10(11(14)15)6-1-2-6/h3-6,10H,1-2H2,(H,14,15). The summed E-state index contributed by atoms with van der Waals surface area (Å²) in [5.41, 5.74) is 0. The number of hydrogen-bond donors (Lipinski definition) is 1. The molecule has 1 aromatic rings. The van der Waals surface area contributed by atoms with Gasteiger partial charge in [-0.1, -0.05) is 11.6 Å². The monoisotopic (exact) mass is 244 g/mol. The van der Waals surface area contributed by atoms with Gasteiger partial charge in [0.15, 0.2) is 17.7 Å². The lowest BCUT2D eigenvalue weighted by Gasteiger charge is -2.14. The van der Waals surface area contributed by atoms with E-state index < -0.39 is 17.9 Å². The molecule has 0 aromatic heterocycles. The molecule has 1 N–H and O–H groups in total. The molecule has 1 unspecified atom stereocenters. The van der Waals surface area contributed by atoms with Crippen LogP contribution in [0.5, 0.6) is 5.75 Å². The Morgan fingerprint density at radius 2 is 2.25 bits per heavy atom.